The van der Waals surface area contributed by atoms with Crippen LogP contribution in [0.1, 0.15) is 30.6 Å². The summed E-state index contributed by atoms with van der Waals surface area (Å²) < 4.78 is 15.6. The second-order valence-electron chi connectivity index (χ2n) is 7.26. The van der Waals surface area contributed by atoms with Gasteiger partial charge < -0.3 is 24.4 Å². The number of para-hydroxylation sites is 2. The highest BCUT2D eigenvalue weighted by Crippen LogP contribution is 2.33. The lowest BCUT2D eigenvalue weighted by atomic mass is 10.1. The number of benzene rings is 2. The molecule has 0 bridgehead atoms. The molecule has 1 aliphatic heterocycles. The van der Waals surface area contributed by atoms with E-state index in [1.54, 1.807) is 37.3 Å². The minimum atomic E-state index is -0.677. The van der Waals surface area contributed by atoms with Crippen LogP contribution in [0, 0.1) is 5.92 Å². The predicted molar refractivity (Wildman–Crippen MR) is 120 cm³/mol. The van der Waals surface area contributed by atoms with Crippen molar-refractivity contribution in [1.82, 2.24) is 0 Å². The monoisotopic (exact) mass is 454 g/mol. The number of rotatable bonds is 9. The van der Waals surface area contributed by atoms with Crippen molar-refractivity contribution in [3.8, 4) is 5.75 Å². The Kier molecular flexibility index (Phi) is 8.01. The van der Waals surface area contributed by atoms with Crippen molar-refractivity contribution in [3.05, 3.63) is 54.1 Å². The van der Waals surface area contributed by atoms with E-state index in [-0.39, 0.29) is 25.5 Å². The third-order valence-electron chi connectivity index (χ3n) is 4.94. The molecular formula is C24H26N2O7. The van der Waals surface area contributed by atoms with Gasteiger partial charge in [0, 0.05) is 18.7 Å². The summed E-state index contributed by atoms with van der Waals surface area (Å²) in [5, 5.41) is 2.59. The van der Waals surface area contributed by atoms with Crippen molar-refractivity contribution in [3.63, 3.8) is 0 Å². The van der Waals surface area contributed by atoms with Crippen LogP contribution in [-0.4, -0.2) is 50.1 Å². The Hall–Kier alpha value is -3.88. The Morgan fingerprint density at radius 2 is 1.73 bits per heavy atom. The zero-order valence-corrected chi connectivity index (χ0v) is 18.5. The maximum Gasteiger partial charge on any atom is 0.338 e. The fraction of sp³-hybridized carbons (Fsp3) is 0.333. The molecule has 0 aromatic heterocycles. The van der Waals surface area contributed by atoms with Gasteiger partial charge in [0.1, 0.15) is 5.75 Å². The molecular weight excluding hydrogens is 428 g/mol. The largest absolute Gasteiger partial charge is 0.492 e. The molecule has 2 amide bonds. The quantitative estimate of drug-likeness (QED) is 0.580. The number of hydrogen-bond acceptors (Lipinski definition) is 7. The van der Waals surface area contributed by atoms with E-state index in [0.29, 0.717) is 29.3 Å². The predicted octanol–water partition coefficient (Wildman–Crippen LogP) is 2.80. The Morgan fingerprint density at radius 1 is 1.00 bits per heavy atom. The summed E-state index contributed by atoms with van der Waals surface area (Å²) in [6, 6.07) is 13.3. The van der Waals surface area contributed by atoms with Crippen LogP contribution in [-0.2, 0) is 23.9 Å². The maximum atomic E-state index is 12.5. The summed E-state index contributed by atoms with van der Waals surface area (Å²) in [7, 11) is 0. The van der Waals surface area contributed by atoms with Crippen LogP contribution in [0.25, 0.3) is 0 Å². The van der Waals surface area contributed by atoms with Crippen molar-refractivity contribution < 1.29 is 33.4 Å². The summed E-state index contributed by atoms with van der Waals surface area (Å²) in [4.78, 5) is 50.3. The van der Waals surface area contributed by atoms with Crippen LogP contribution in [0.5, 0.6) is 5.75 Å². The first-order chi connectivity index (χ1) is 15.9. The molecule has 1 heterocycles. The molecule has 1 N–H and O–H groups in total. The zero-order valence-electron chi connectivity index (χ0n) is 18.5. The van der Waals surface area contributed by atoms with E-state index in [1.165, 1.54) is 17.0 Å². The second kappa shape index (κ2) is 11.1. The number of hydrogen-bond donors (Lipinski definition) is 1. The second-order valence-corrected chi connectivity index (χ2v) is 7.26. The summed E-state index contributed by atoms with van der Waals surface area (Å²) in [6.45, 7) is 3.95. The standard InChI is InChI=1S/C24H26N2O7/c1-3-31-20-8-6-5-7-19(20)26-14-17(13-22(26)28)24(30)33-15-21(27)25-18-11-9-16(10-12-18)23(29)32-4-2/h5-12,17H,3-4,13-15H2,1-2H3,(H,25,27)/t17-/m0/s1. The number of ether oxygens (including phenoxy) is 3. The highest BCUT2D eigenvalue weighted by molar-refractivity contribution is 6.01. The van der Waals surface area contributed by atoms with E-state index < -0.39 is 30.4 Å². The Balaban J connectivity index is 1.51. The van der Waals surface area contributed by atoms with Gasteiger partial charge in [0.15, 0.2) is 6.61 Å². The SMILES string of the molecule is CCOC(=O)c1ccc(NC(=O)COC(=O)[C@H]2CC(=O)N(c3ccccc3OCC)C2)cc1. The van der Waals surface area contributed by atoms with Gasteiger partial charge in [-0.15, -0.1) is 0 Å². The number of carbonyl (C=O) groups excluding carboxylic acids is 4. The number of amides is 2. The van der Waals surface area contributed by atoms with Crippen molar-refractivity contribution in [1.29, 1.82) is 0 Å². The van der Waals surface area contributed by atoms with Gasteiger partial charge in [0.2, 0.25) is 5.91 Å². The Morgan fingerprint density at radius 3 is 2.42 bits per heavy atom. The van der Waals surface area contributed by atoms with Gasteiger partial charge in [0.05, 0.1) is 30.4 Å². The summed E-state index contributed by atoms with van der Waals surface area (Å²) in [6.07, 6.45) is -0.00374. The molecule has 3 rings (SSSR count). The summed E-state index contributed by atoms with van der Waals surface area (Å²) in [5.74, 6) is -1.93. The average Bonchev–Trinajstić information content (AvgIpc) is 3.20. The van der Waals surface area contributed by atoms with Crippen LogP contribution in [0.3, 0.4) is 0 Å². The third-order valence-corrected chi connectivity index (χ3v) is 4.94. The molecule has 174 valence electrons. The van der Waals surface area contributed by atoms with E-state index >= 15 is 0 Å². The van der Waals surface area contributed by atoms with Crippen LogP contribution < -0.4 is 15.0 Å². The lowest BCUT2D eigenvalue weighted by Crippen LogP contribution is -2.28. The molecule has 0 radical (unpaired) electrons. The first kappa shape index (κ1) is 23.8. The van der Waals surface area contributed by atoms with Gasteiger partial charge in [0.25, 0.3) is 5.91 Å². The Bertz CT molecular complexity index is 1020. The van der Waals surface area contributed by atoms with Gasteiger partial charge in [-0.3, -0.25) is 14.4 Å². The fourth-order valence-electron chi connectivity index (χ4n) is 3.41. The van der Waals surface area contributed by atoms with Crippen LogP contribution in [0.15, 0.2) is 48.5 Å². The molecule has 33 heavy (non-hydrogen) atoms. The molecule has 1 aliphatic rings. The number of anilines is 2. The van der Waals surface area contributed by atoms with Crippen molar-refractivity contribution in [2.75, 3.05) is 36.6 Å². The summed E-state index contributed by atoms with van der Waals surface area (Å²) in [5.41, 5.74) is 1.41. The van der Waals surface area contributed by atoms with Gasteiger partial charge >= 0.3 is 11.9 Å². The third kappa shape index (κ3) is 6.09. The molecule has 0 spiro atoms. The molecule has 9 heteroatoms. The van der Waals surface area contributed by atoms with E-state index in [9.17, 15) is 19.2 Å². The van der Waals surface area contributed by atoms with Gasteiger partial charge in [-0.2, -0.15) is 0 Å². The molecule has 1 atom stereocenters. The summed E-state index contributed by atoms with van der Waals surface area (Å²) >= 11 is 0. The normalized spacial score (nSPS) is 15.2. The van der Waals surface area contributed by atoms with E-state index in [2.05, 4.69) is 5.32 Å². The van der Waals surface area contributed by atoms with Gasteiger partial charge in [-0.1, -0.05) is 12.1 Å². The molecule has 2 aromatic carbocycles. The molecule has 9 nitrogen and oxygen atoms in total. The number of esters is 2. The minimum Gasteiger partial charge on any atom is -0.492 e. The molecule has 1 saturated heterocycles. The number of nitrogens with one attached hydrogen (secondary N) is 1. The molecule has 2 aromatic rings. The molecule has 0 saturated carbocycles. The number of carbonyl (C=O) groups is 4. The number of nitrogens with zero attached hydrogens (tertiary/aromatic N) is 1. The van der Waals surface area contributed by atoms with Crippen molar-refractivity contribution >= 4 is 35.1 Å². The lowest BCUT2D eigenvalue weighted by molar-refractivity contribution is -0.151. The van der Waals surface area contributed by atoms with Crippen LogP contribution in [0.4, 0.5) is 11.4 Å². The van der Waals surface area contributed by atoms with E-state index in [0.717, 1.165) is 0 Å². The highest BCUT2D eigenvalue weighted by Gasteiger charge is 2.37. The van der Waals surface area contributed by atoms with E-state index in [4.69, 9.17) is 14.2 Å². The Labute approximate surface area is 191 Å². The topological polar surface area (TPSA) is 111 Å². The smallest absolute Gasteiger partial charge is 0.338 e. The fourth-order valence-corrected chi connectivity index (χ4v) is 3.41. The molecule has 1 fully saturated rings. The minimum absolute atomic E-state index is 0.00374. The van der Waals surface area contributed by atoms with Crippen molar-refractivity contribution in [2.24, 2.45) is 5.92 Å². The maximum absolute atomic E-state index is 12.5. The first-order valence-electron chi connectivity index (χ1n) is 10.7. The molecule has 0 unspecified atom stereocenters. The van der Waals surface area contributed by atoms with Gasteiger partial charge in [-0.05, 0) is 50.2 Å². The first-order valence-corrected chi connectivity index (χ1v) is 10.7. The average molecular weight is 454 g/mol. The lowest BCUT2D eigenvalue weighted by Gasteiger charge is -2.19. The van der Waals surface area contributed by atoms with Crippen molar-refractivity contribution in [2.45, 2.75) is 20.3 Å². The van der Waals surface area contributed by atoms with Gasteiger partial charge in [-0.25, -0.2) is 4.79 Å². The van der Waals surface area contributed by atoms with Crippen LogP contribution >= 0.6 is 0 Å². The zero-order chi connectivity index (χ0) is 23.8. The van der Waals surface area contributed by atoms with Crippen LogP contribution in [0.2, 0.25) is 0 Å². The molecule has 0 aliphatic carbocycles. The highest BCUT2D eigenvalue weighted by atomic mass is 16.5. The van der Waals surface area contributed by atoms with E-state index in [1.807, 2.05) is 13.0 Å².